The van der Waals surface area contributed by atoms with Crippen LogP contribution in [0.4, 0.5) is 0 Å². The Morgan fingerprint density at radius 1 is 1.09 bits per heavy atom. The number of hydrogen-bond donors (Lipinski definition) is 0. The molecule has 0 heterocycles. The van der Waals surface area contributed by atoms with Gasteiger partial charge in [-0.1, -0.05) is 70.0 Å². The van der Waals surface area contributed by atoms with Gasteiger partial charge < -0.3 is 14.2 Å². The van der Waals surface area contributed by atoms with E-state index in [1.54, 1.807) is 30.3 Å². The van der Waals surface area contributed by atoms with Crippen LogP contribution in [0.2, 0.25) is 0 Å². The lowest BCUT2D eigenvalue weighted by atomic mass is 10.1. The molecule has 2 aromatic rings. The zero-order chi connectivity index (χ0) is 24.6. The summed E-state index contributed by atoms with van der Waals surface area (Å²) < 4.78 is 16.6. The number of esters is 2. The van der Waals surface area contributed by atoms with E-state index in [-0.39, 0.29) is 11.3 Å². The summed E-state index contributed by atoms with van der Waals surface area (Å²) in [4.78, 5) is 24.8. The molecule has 178 valence electrons. The van der Waals surface area contributed by atoms with Crippen LogP contribution in [0.15, 0.2) is 66.7 Å². The number of benzene rings is 2. The lowest BCUT2D eigenvalue weighted by molar-refractivity contribution is -0.149. The van der Waals surface area contributed by atoms with Crippen LogP contribution >= 0.6 is 0 Å². The highest BCUT2D eigenvalue weighted by Crippen LogP contribution is 2.59. The Kier molecular flexibility index (Phi) is 8.48. The summed E-state index contributed by atoms with van der Waals surface area (Å²) in [5.41, 5.74) is 0.166. The Morgan fingerprint density at radius 2 is 1.82 bits per heavy atom. The van der Waals surface area contributed by atoms with Gasteiger partial charge in [-0.25, -0.2) is 4.79 Å². The second-order valence-corrected chi connectivity index (χ2v) is 8.99. The molecule has 6 nitrogen and oxygen atoms in total. The van der Waals surface area contributed by atoms with Crippen molar-refractivity contribution in [1.29, 1.82) is 5.26 Å². The first-order chi connectivity index (χ1) is 16.4. The summed E-state index contributed by atoms with van der Waals surface area (Å²) in [5, 5.41) is 9.66. The minimum absolute atomic E-state index is 0.157. The SMILES string of the molecule is CCCCCOC(=O)/C=C\[C@H]1[C@@H](C(=O)O[C@H](C#N)c2cccc(Oc3ccccc3)c2)C1(C)C. The zero-order valence-corrected chi connectivity index (χ0v) is 19.9. The third kappa shape index (κ3) is 6.48. The van der Waals surface area contributed by atoms with Gasteiger partial charge in [0, 0.05) is 11.6 Å². The van der Waals surface area contributed by atoms with Crippen LogP contribution in [0.3, 0.4) is 0 Å². The third-order valence-corrected chi connectivity index (χ3v) is 6.09. The van der Waals surface area contributed by atoms with E-state index < -0.39 is 24.0 Å². The van der Waals surface area contributed by atoms with Crippen LogP contribution in [-0.2, 0) is 19.1 Å². The van der Waals surface area contributed by atoms with Gasteiger partial charge >= 0.3 is 11.9 Å². The van der Waals surface area contributed by atoms with Crippen molar-refractivity contribution in [2.75, 3.05) is 6.61 Å². The first kappa shape index (κ1) is 25.0. The second-order valence-electron chi connectivity index (χ2n) is 8.99. The molecule has 0 radical (unpaired) electrons. The lowest BCUT2D eigenvalue weighted by Crippen LogP contribution is -2.14. The molecule has 3 rings (SSSR count). The third-order valence-electron chi connectivity index (χ3n) is 6.09. The topological polar surface area (TPSA) is 85.6 Å². The predicted octanol–water partition coefficient (Wildman–Crippen LogP) is 6.15. The zero-order valence-electron chi connectivity index (χ0n) is 19.9. The minimum Gasteiger partial charge on any atom is -0.463 e. The van der Waals surface area contributed by atoms with Crippen molar-refractivity contribution in [3.63, 3.8) is 0 Å². The molecule has 0 saturated heterocycles. The second kappa shape index (κ2) is 11.5. The molecular formula is C28H31NO5. The van der Waals surface area contributed by atoms with Crippen molar-refractivity contribution >= 4 is 11.9 Å². The van der Waals surface area contributed by atoms with E-state index in [9.17, 15) is 14.9 Å². The average Bonchev–Trinajstić information content (AvgIpc) is 3.39. The number of rotatable bonds is 11. The van der Waals surface area contributed by atoms with Gasteiger partial charge in [0.25, 0.3) is 0 Å². The molecule has 0 aliphatic heterocycles. The maximum atomic E-state index is 12.9. The van der Waals surface area contributed by atoms with Crippen LogP contribution in [0.1, 0.15) is 51.7 Å². The summed E-state index contributed by atoms with van der Waals surface area (Å²) in [6.45, 7) is 6.36. The molecule has 0 amide bonds. The highest BCUT2D eigenvalue weighted by molar-refractivity contribution is 5.83. The van der Waals surface area contributed by atoms with Gasteiger partial charge in [0.15, 0.2) is 0 Å². The van der Waals surface area contributed by atoms with Crippen LogP contribution in [0.5, 0.6) is 11.5 Å². The van der Waals surface area contributed by atoms with Gasteiger partial charge in [-0.15, -0.1) is 0 Å². The number of ether oxygens (including phenoxy) is 3. The first-order valence-corrected chi connectivity index (χ1v) is 11.6. The number of hydrogen-bond acceptors (Lipinski definition) is 6. The molecule has 1 fully saturated rings. The van der Waals surface area contributed by atoms with Crippen LogP contribution in [0, 0.1) is 28.6 Å². The van der Waals surface area contributed by atoms with Crippen molar-refractivity contribution in [2.45, 2.75) is 46.1 Å². The Bertz CT molecular complexity index is 1050. The highest BCUT2D eigenvalue weighted by atomic mass is 16.5. The van der Waals surface area contributed by atoms with E-state index in [0.717, 1.165) is 19.3 Å². The number of carbonyl (C=O) groups excluding carboxylic acids is 2. The lowest BCUT2D eigenvalue weighted by Gasteiger charge is -2.13. The van der Waals surface area contributed by atoms with Gasteiger partial charge in [-0.2, -0.15) is 5.26 Å². The summed E-state index contributed by atoms with van der Waals surface area (Å²) in [5.74, 6) is -0.243. The Morgan fingerprint density at radius 3 is 2.53 bits per heavy atom. The van der Waals surface area contributed by atoms with Crippen molar-refractivity contribution in [3.05, 3.63) is 72.3 Å². The molecule has 2 aromatic carbocycles. The number of nitrogens with zero attached hydrogens (tertiary/aromatic N) is 1. The molecule has 34 heavy (non-hydrogen) atoms. The van der Waals surface area contributed by atoms with Crippen molar-refractivity contribution in [3.8, 4) is 17.6 Å². The van der Waals surface area contributed by atoms with Crippen molar-refractivity contribution in [1.82, 2.24) is 0 Å². The Hall–Kier alpha value is -3.59. The van der Waals surface area contributed by atoms with Crippen molar-refractivity contribution < 1.29 is 23.8 Å². The number of allylic oxidation sites excluding steroid dienone is 1. The molecular weight excluding hydrogens is 430 g/mol. The molecule has 3 atom stereocenters. The smallest absolute Gasteiger partial charge is 0.330 e. The fraction of sp³-hybridized carbons (Fsp3) is 0.393. The van der Waals surface area contributed by atoms with Gasteiger partial charge in [0.05, 0.1) is 12.5 Å². The highest BCUT2D eigenvalue weighted by Gasteiger charge is 2.61. The first-order valence-electron chi connectivity index (χ1n) is 11.6. The van der Waals surface area contributed by atoms with Crippen LogP contribution < -0.4 is 4.74 Å². The largest absolute Gasteiger partial charge is 0.463 e. The van der Waals surface area contributed by atoms with Gasteiger partial charge in [-0.05, 0) is 42.0 Å². The van der Waals surface area contributed by atoms with Gasteiger partial charge in [0.1, 0.15) is 17.6 Å². The van der Waals surface area contributed by atoms with Gasteiger partial charge in [-0.3, -0.25) is 4.79 Å². The van der Waals surface area contributed by atoms with E-state index in [1.807, 2.05) is 44.2 Å². The summed E-state index contributed by atoms with van der Waals surface area (Å²) >= 11 is 0. The number of carbonyl (C=O) groups is 2. The molecule has 0 unspecified atom stereocenters. The molecule has 6 heteroatoms. The monoisotopic (exact) mass is 461 g/mol. The van der Waals surface area contributed by atoms with E-state index in [2.05, 4.69) is 13.0 Å². The van der Waals surface area contributed by atoms with E-state index >= 15 is 0 Å². The minimum atomic E-state index is -1.06. The van der Waals surface area contributed by atoms with E-state index in [4.69, 9.17) is 14.2 Å². The summed E-state index contributed by atoms with van der Waals surface area (Å²) in [6, 6.07) is 18.3. The number of unbranched alkanes of at least 4 members (excludes halogenated alkanes) is 2. The fourth-order valence-corrected chi connectivity index (χ4v) is 3.97. The maximum Gasteiger partial charge on any atom is 0.330 e. The summed E-state index contributed by atoms with van der Waals surface area (Å²) in [7, 11) is 0. The van der Waals surface area contributed by atoms with E-state index in [1.165, 1.54) is 6.08 Å². The van der Waals surface area contributed by atoms with Crippen LogP contribution in [-0.4, -0.2) is 18.5 Å². The molecule has 1 aliphatic carbocycles. The molecule has 1 aliphatic rings. The van der Waals surface area contributed by atoms with E-state index in [0.29, 0.717) is 23.7 Å². The Balaban J connectivity index is 1.59. The standard InChI is InChI=1S/C28H31NO5/c1-4-5-9-17-32-25(30)16-15-23-26(28(23,2)3)27(31)34-24(19-29)20-11-10-14-22(18-20)33-21-12-7-6-8-13-21/h6-8,10-16,18,23-24,26H,4-5,9,17H2,1-3H3/b16-15-/t23-,24+,26-/m0/s1. The predicted molar refractivity (Wildman–Crippen MR) is 128 cm³/mol. The molecule has 1 saturated carbocycles. The average molecular weight is 462 g/mol. The normalized spacial score (nSPS) is 19.1. The number of nitriles is 1. The molecule has 0 N–H and O–H groups in total. The number of para-hydroxylation sites is 1. The molecule has 0 aromatic heterocycles. The van der Waals surface area contributed by atoms with Crippen LogP contribution in [0.25, 0.3) is 0 Å². The maximum absolute atomic E-state index is 12.9. The fourth-order valence-electron chi connectivity index (χ4n) is 3.97. The molecule has 0 spiro atoms. The Labute approximate surface area is 201 Å². The van der Waals surface area contributed by atoms with Gasteiger partial charge in [0.2, 0.25) is 6.10 Å². The molecule has 0 bridgehead atoms. The summed E-state index contributed by atoms with van der Waals surface area (Å²) in [6.07, 6.45) is 4.95. The quantitative estimate of drug-likeness (QED) is 0.227. The van der Waals surface area contributed by atoms with Crippen molar-refractivity contribution in [2.24, 2.45) is 17.3 Å².